The van der Waals surface area contributed by atoms with Crippen molar-refractivity contribution in [2.24, 2.45) is 17.6 Å². The molecule has 3 N–H and O–H groups in total. The molecule has 0 spiro atoms. The van der Waals surface area contributed by atoms with E-state index in [1.54, 1.807) is 0 Å². The van der Waals surface area contributed by atoms with E-state index in [1.165, 1.54) is 6.04 Å². The summed E-state index contributed by atoms with van der Waals surface area (Å²) < 4.78 is 5.41. The summed E-state index contributed by atoms with van der Waals surface area (Å²) in [5, 5.41) is 9.02. The Hall–Kier alpha value is -0.393. The first-order valence-electron chi connectivity index (χ1n) is 7.36. The van der Waals surface area contributed by atoms with Crippen LogP contribution in [-0.2, 0) is 9.53 Å². The van der Waals surface area contributed by atoms with Crippen LogP contribution in [0.2, 0.25) is 25.7 Å². The fourth-order valence-corrected chi connectivity index (χ4v) is 4.02. The zero-order valence-electron chi connectivity index (χ0n) is 12.5. The first-order valence-corrected chi connectivity index (χ1v) is 11.1. The van der Waals surface area contributed by atoms with Gasteiger partial charge in [0.1, 0.15) is 6.04 Å². The minimum atomic E-state index is -1.08. The van der Waals surface area contributed by atoms with Crippen LogP contribution in [0.25, 0.3) is 0 Å². The summed E-state index contributed by atoms with van der Waals surface area (Å²) in [6.45, 7) is 8.73. The van der Waals surface area contributed by atoms with Crippen LogP contribution in [0.1, 0.15) is 25.7 Å². The highest BCUT2D eigenvalue weighted by molar-refractivity contribution is 6.76. The average molecular weight is 287 g/mol. The summed E-state index contributed by atoms with van der Waals surface area (Å²) in [5.74, 6) is 0.169. The molecule has 0 aromatic heterocycles. The molecule has 0 saturated carbocycles. The van der Waals surface area contributed by atoms with Gasteiger partial charge in [-0.05, 0) is 31.1 Å². The lowest BCUT2D eigenvalue weighted by Gasteiger charge is -2.32. The number of hydrogen-bond donors (Lipinski definition) is 2. The van der Waals surface area contributed by atoms with E-state index in [2.05, 4.69) is 19.6 Å². The first kappa shape index (κ1) is 16.7. The van der Waals surface area contributed by atoms with Crippen LogP contribution in [-0.4, -0.2) is 38.4 Å². The molecule has 0 aliphatic carbocycles. The second kappa shape index (κ2) is 7.41. The Morgan fingerprint density at radius 1 is 1.37 bits per heavy atom. The Balaban J connectivity index is 2.58. The Labute approximate surface area is 117 Å². The number of aliphatic carboxylic acids is 1. The molecule has 0 amide bonds. The van der Waals surface area contributed by atoms with Gasteiger partial charge in [0.05, 0.1) is 0 Å². The van der Waals surface area contributed by atoms with Crippen LogP contribution >= 0.6 is 0 Å². The van der Waals surface area contributed by atoms with Crippen molar-refractivity contribution in [3.63, 3.8) is 0 Å². The second-order valence-electron chi connectivity index (χ2n) is 6.99. The van der Waals surface area contributed by atoms with Gasteiger partial charge in [-0.1, -0.05) is 32.1 Å². The van der Waals surface area contributed by atoms with E-state index in [9.17, 15) is 4.79 Å². The molecule has 1 fully saturated rings. The molecule has 0 radical (unpaired) electrons. The van der Waals surface area contributed by atoms with Gasteiger partial charge in [-0.2, -0.15) is 0 Å². The van der Waals surface area contributed by atoms with Gasteiger partial charge in [0.15, 0.2) is 0 Å². The van der Waals surface area contributed by atoms with Crippen molar-refractivity contribution in [3.05, 3.63) is 0 Å². The van der Waals surface area contributed by atoms with E-state index >= 15 is 0 Å². The van der Waals surface area contributed by atoms with Gasteiger partial charge in [0.25, 0.3) is 0 Å². The van der Waals surface area contributed by atoms with Gasteiger partial charge in [0.2, 0.25) is 0 Å². The van der Waals surface area contributed by atoms with Crippen LogP contribution in [0.15, 0.2) is 0 Å². The van der Waals surface area contributed by atoms with Crippen molar-refractivity contribution in [1.82, 2.24) is 0 Å². The highest BCUT2D eigenvalue weighted by Crippen LogP contribution is 2.32. The highest BCUT2D eigenvalue weighted by atomic mass is 28.3. The van der Waals surface area contributed by atoms with Crippen molar-refractivity contribution in [2.75, 3.05) is 13.2 Å². The molecule has 2 atom stereocenters. The summed E-state index contributed by atoms with van der Waals surface area (Å²) in [6.07, 6.45) is 3.86. The zero-order chi connectivity index (χ0) is 14.5. The van der Waals surface area contributed by atoms with Gasteiger partial charge in [-0.15, -0.1) is 0 Å². The third-order valence-corrected chi connectivity index (χ3v) is 5.86. The van der Waals surface area contributed by atoms with E-state index < -0.39 is 20.1 Å². The van der Waals surface area contributed by atoms with Gasteiger partial charge < -0.3 is 15.6 Å². The molecule has 112 valence electrons. The number of carboxylic acids is 1. The number of carbonyl (C=O) groups is 1. The van der Waals surface area contributed by atoms with Crippen molar-refractivity contribution in [1.29, 1.82) is 0 Å². The predicted octanol–water partition coefficient (Wildman–Crippen LogP) is 2.56. The summed E-state index contributed by atoms with van der Waals surface area (Å²) in [5.41, 5.74) is 5.74. The van der Waals surface area contributed by atoms with E-state index in [0.717, 1.165) is 32.5 Å². The van der Waals surface area contributed by atoms with Gasteiger partial charge in [0, 0.05) is 21.3 Å². The maximum atomic E-state index is 11.0. The molecule has 1 aliphatic rings. The minimum Gasteiger partial charge on any atom is -0.480 e. The molecule has 0 aromatic rings. The molecule has 5 heteroatoms. The lowest BCUT2D eigenvalue weighted by atomic mass is 9.80. The summed E-state index contributed by atoms with van der Waals surface area (Å²) in [4.78, 5) is 11.0. The van der Waals surface area contributed by atoms with Crippen molar-refractivity contribution >= 4 is 14.0 Å². The Bertz CT molecular complexity index is 285. The predicted molar refractivity (Wildman–Crippen MR) is 80.0 cm³/mol. The van der Waals surface area contributed by atoms with E-state index in [-0.39, 0.29) is 0 Å². The third-order valence-electron chi connectivity index (χ3n) is 4.07. The maximum Gasteiger partial charge on any atom is 0.320 e. The number of hydrogen-bond acceptors (Lipinski definition) is 3. The summed E-state index contributed by atoms with van der Waals surface area (Å²) in [6, 6.07) is 0.538. The third kappa shape index (κ3) is 6.54. The summed E-state index contributed by atoms with van der Waals surface area (Å²) >= 11 is 0. The molecular formula is C14H29NO3Si. The van der Waals surface area contributed by atoms with Crippen LogP contribution in [0.3, 0.4) is 0 Å². The van der Waals surface area contributed by atoms with Crippen LogP contribution < -0.4 is 5.73 Å². The van der Waals surface area contributed by atoms with E-state index in [4.69, 9.17) is 15.6 Å². The molecule has 4 nitrogen and oxygen atoms in total. The van der Waals surface area contributed by atoms with Crippen molar-refractivity contribution in [3.8, 4) is 0 Å². The highest BCUT2D eigenvalue weighted by Gasteiger charge is 2.29. The SMILES string of the molecule is C[Si](C)(C)CCC(CC(N)C(=O)O)C1CCOCC1. The molecule has 1 heterocycles. The van der Waals surface area contributed by atoms with Gasteiger partial charge in [-0.3, -0.25) is 4.79 Å². The molecular weight excluding hydrogens is 258 g/mol. The first-order chi connectivity index (χ1) is 8.79. The maximum absolute atomic E-state index is 11.0. The second-order valence-corrected chi connectivity index (χ2v) is 12.6. The lowest BCUT2D eigenvalue weighted by Crippen LogP contribution is -2.36. The Morgan fingerprint density at radius 3 is 2.42 bits per heavy atom. The zero-order valence-corrected chi connectivity index (χ0v) is 13.5. The molecule has 19 heavy (non-hydrogen) atoms. The fourth-order valence-electron chi connectivity index (χ4n) is 2.78. The molecule has 0 bridgehead atoms. The molecule has 2 unspecified atom stereocenters. The lowest BCUT2D eigenvalue weighted by molar-refractivity contribution is -0.139. The largest absolute Gasteiger partial charge is 0.480 e. The number of nitrogens with two attached hydrogens (primary N) is 1. The molecule has 0 aromatic carbocycles. The average Bonchev–Trinajstić information content (AvgIpc) is 2.34. The summed E-state index contributed by atoms with van der Waals surface area (Å²) in [7, 11) is -1.08. The quantitative estimate of drug-likeness (QED) is 0.706. The minimum absolute atomic E-state index is 0.446. The smallest absolute Gasteiger partial charge is 0.320 e. The molecule has 1 rings (SSSR count). The van der Waals surface area contributed by atoms with E-state index in [1.807, 2.05) is 0 Å². The number of carboxylic acid groups (broad SMARTS) is 1. The topological polar surface area (TPSA) is 72.6 Å². The molecule has 1 aliphatic heterocycles. The number of ether oxygens (including phenoxy) is 1. The fraction of sp³-hybridized carbons (Fsp3) is 0.929. The Kier molecular flexibility index (Phi) is 6.49. The monoisotopic (exact) mass is 287 g/mol. The van der Waals surface area contributed by atoms with Crippen molar-refractivity contribution in [2.45, 2.75) is 57.4 Å². The molecule has 1 saturated heterocycles. The van der Waals surface area contributed by atoms with Crippen LogP contribution in [0, 0.1) is 11.8 Å². The van der Waals surface area contributed by atoms with Crippen LogP contribution in [0.5, 0.6) is 0 Å². The van der Waals surface area contributed by atoms with Crippen LogP contribution in [0.4, 0.5) is 0 Å². The van der Waals surface area contributed by atoms with Crippen molar-refractivity contribution < 1.29 is 14.6 Å². The Morgan fingerprint density at radius 2 is 1.95 bits per heavy atom. The van der Waals surface area contributed by atoms with Gasteiger partial charge in [-0.25, -0.2) is 0 Å². The number of rotatable bonds is 7. The normalized spacial score (nSPS) is 21.1. The standard InChI is InChI=1S/C14H29NO3Si/c1-19(2,3)9-6-12(10-13(15)14(16)17)11-4-7-18-8-5-11/h11-13H,4-10,15H2,1-3H3,(H,16,17). The van der Waals surface area contributed by atoms with Gasteiger partial charge >= 0.3 is 5.97 Å². The van der Waals surface area contributed by atoms with E-state index in [0.29, 0.717) is 18.3 Å².